The maximum Gasteiger partial charge on any atom is 0.272 e. The number of fused-ring (bicyclic) bond motifs is 1. The molecule has 8 heteroatoms. The molecule has 2 aromatic carbocycles. The van der Waals surface area contributed by atoms with Crippen LogP contribution >= 0.6 is 0 Å². The van der Waals surface area contributed by atoms with Crippen LogP contribution in [0.25, 0.3) is 11.3 Å². The number of amides is 1. The van der Waals surface area contributed by atoms with Gasteiger partial charge in [-0.15, -0.1) is 0 Å². The summed E-state index contributed by atoms with van der Waals surface area (Å²) in [5, 5.41) is 7.22. The zero-order chi connectivity index (χ0) is 20.4. The molecule has 0 aliphatic carbocycles. The summed E-state index contributed by atoms with van der Waals surface area (Å²) < 4.78 is 23.0. The van der Waals surface area contributed by atoms with Gasteiger partial charge in [-0.2, -0.15) is 5.10 Å². The average molecular weight is 395 g/mol. The number of hydrogen-bond donors (Lipinski definition) is 1. The largest absolute Gasteiger partial charge is 0.493 e. The van der Waals surface area contributed by atoms with E-state index in [2.05, 4.69) is 10.4 Å². The molecule has 1 N–H and O–H groups in total. The van der Waals surface area contributed by atoms with Gasteiger partial charge >= 0.3 is 0 Å². The fraction of sp³-hybridized carbons (Fsp3) is 0.238. The highest BCUT2D eigenvalue weighted by molar-refractivity contribution is 5.93. The lowest BCUT2D eigenvalue weighted by Gasteiger charge is -2.10. The zero-order valence-electron chi connectivity index (χ0n) is 16.4. The fourth-order valence-corrected chi connectivity index (χ4v) is 3.17. The van der Waals surface area contributed by atoms with Crippen molar-refractivity contribution >= 4 is 5.91 Å². The fourth-order valence-electron chi connectivity index (χ4n) is 3.17. The summed E-state index contributed by atoms with van der Waals surface area (Å²) in [5.41, 5.74) is 2.92. The summed E-state index contributed by atoms with van der Waals surface area (Å²) in [7, 11) is 4.95. The number of ether oxygens (including phenoxy) is 4. The highest BCUT2D eigenvalue weighted by atomic mass is 16.7. The van der Waals surface area contributed by atoms with Gasteiger partial charge in [0.15, 0.2) is 28.7 Å². The minimum atomic E-state index is -0.262. The van der Waals surface area contributed by atoms with Gasteiger partial charge in [-0.1, -0.05) is 6.07 Å². The van der Waals surface area contributed by atoms with Crippen molar-refractivity contribution in [1.29, 1.82) is 0 Å². The molecule has 0 unspecified atom stereocenters. The topological polar surface area (TPSA) is 83.8 Å². The Hall–Kier alpha value is -3.68. The van der Waals surface area contributed by atoms with Crippen molar-refractivity contribution in [3.8, 4) is 34.3 Å². The van der Waals surface area contributed by atoms with Crippen molar-refractivity contribution in [3.05, 3.63) is 53.7 Å². The van der Waals surface area contributed by atoms with Gasteiger partial charge in [0.05, 0.1) is 19.9 Å². The third-order valence-electron chi connectivity index (χ3n) is 4.68. The number of carbonyl (C=O) groups is 1. The summed E-state index contributed by atoms with van der Waals surface area (Å²) in [6.45, 7) is 0.559. The summed E-state index contributed by atoms with van der Waals surface area (Å²) >= 11 is 0. The second-order valence-electron chi connectivity index (χ2n) is 6.48. The number of nitrogens with one attached hydrogen (secondary N) is 1. The highest BCUT2D eigenvalue weighted by Gasteiger charge is 2.18. The molecular formula is C21H21N3O5. The van der Waals surface area contributed by atoms with E-state index in [0.717, 1.165) is 16.8 Å². The molecule has 29 heavy (non-hydrogen) atoms. The number of aromatic nitrogens is 2. The molecule has 4 rings (SSSR count). The molecule has 1 aliphatic heterocycles. The van der Waals surface area contributed by atoms with Crippen molar-refractivity contribution in [1.82, 2.24) is 15.1 Å². The van der Waals surface area contributed by atoms with Gasteiger partial charge in [0, 0.05) is 19.2 Å². The number of rotatable bonds is 6. The summed E-state index contributed by atoms with van der Waals surface area (Å²) in [6, 6.07) is 12.9. The Kier molecular flexibility index (Phi) is 4.99. The first-order valence-electron chi connectivity index (χ1n) is 9.02. The molecule has 1 aliphatic rings. The minimum Gasteiger partial charge on any atom is -0.493 e. The van der Waals surface area contributed by atoms with Gasteiger partial charge in [-0.05, 0) is 42.0 Å². The van der Waals surface area contributed by atoms with Crippen molar-refractivity contribution < 1.29 is 23.7 Å². The molecule has 0 atom stereocenters. The second kappa shape index (κ2) is 7.75. The van der Waals surface area contributed by atoms with Gasteiger partial charge in [0.1, 0.15) is 0 Å². The lowest BCUT2D eigenvalue weighted by Crippen LogP contribution is -2.23. The third-order valence-corrected chi connectivity index (χ3v) is 4.68. The molecular weight excluding hydrogens is 374 g/mol. The van der Waals surface area contributed by atoms with Gasteiger partial charge < -0.3 is 24.3 Å². The SMILES string of the molecule is COc1ccc(CNC(=O)c2cc(-c3ccc4c(c3)OCO4)n(C)n2)cc1OC. The number of aryl methyl sites for hydroxylation is 1. The minimum absolute atomic E-state index is 0.216. The number of nitrogens with zero attached hydrogens (tertiary/aromatic N) is 2. The Bertz CT molecular complexity index is 1060. The first-order chi connectivity index (χ1) is 14.1. The summed E-state index contributed by atoms with van der Waals surface area (Å²) in [6.07, 6.45) is 0. The first kappa shape index (κ1) is 18.7. The predicted molar refractivity (Wildman–Crippen MR) is 105 cm³/mol. The lowest BCUT2D eigenvalue weighted by molar-refractivity contribution is 0.0945. The number of carbonyl (C=O) groups excluding carboxylic acids is 1. The Labute approximate surface area is 168 Å². The third kappa shape index (κ3) is 3.69. The number of hydrogen-bond acceptors (Lipinski definition) is 6. The number of methoxy groups -OCH3 is 2. The van der Waals surface area contributed by atoms with Gasteiger partial charge in [0.2, 0.25) is 6.79 Å². The monoisotopic (exact) mass is 395 g/mol. The maximum absolute atomic E-state index is 12.6. The van der Waals surface area contributed by atoms with E-state index in [1.165, 1.54) is 0 Å². The molecule has 8 nitrogen and oxygen atoms in total. The second-order valence-corrected chi connectivity index (χ2v) is 6.48. The Morgan fingerprint density at radius 2 is 1.86 bits per heavy atom. The van der Waals surface area contributed by atoms with E-state index in [1.807, 2.05) is 30.3 Å². The van der Waals surface area contributed by atoms with E-state index in [4.69, 9.17) is 18.9 Å². The summed E-state index contributed by atoms with van der Waals surface area (Å²) in [5.74, 6) is 2.39. The molecule has 0 fully saturated rings. The predicted octanol–water partition coefficient (Wildman–Crippen LogP) is 2.76. The van der Waals surface area contributed by atoms with E-state index in [0.29, 0.717) is 35.2 Å². The lowest BCUT2D eigenvalue weighted by atomic mass is 10.1. The van der Waals surface area contributed by atoms with Crippen LogP contribution in [0.3, 0.4) is 0 Å². The highest BCUT2D eigenvalue weighted by Crippen LogP contribution is 2.36. The van der Waals surface area contributed by atoms with Gasteiger partial charge in [-0.25, -0.2) is 0 Å². The van der Waals surface area contributed by atoms with Crippen LogP contribution in [0.5, 0.6) is 23.0 Å². The molecule has 3 aromatic rings. The Balaban J connectivity index is 1.48. The van der Waals surface area contributed by atoms with Crippen molar-refractivity contribution in [2.45, 2.75) is 6.54 Å². The molecule has 0 radical (unpaired) electrons. The molecule has 0 saturated heterocycles. The molecule has 0 spiro atoms. The van der Waals surface area contributed by atoms with Crippen LogP contribution in [-0.4, -0.2) is 36.7 Å². The zero-order valence-corrected chi connectivity index (χ0v) is 16.4. The van der Waals surface area contributed by atoms with E-state index >= 15 is 0 Å². The van der Waals surface area contributed by atoms with Crippen molar-refractivity contribution in [2.75, 3.05) is 21.0 Å². The Morgan fingerprint density at radius 1 is 1.07 bits per heavy atom. The quantitative estimate of drug-likeness (QED) is 0.691. The van der Waals surface area contributed by atoms with Crippen molar-refractivity contribution in [2.24, 2.45) is 7.05 Å². The smallest absolute Gasteiger partial charge is 0.272 e. The number of benzene rings is 2. The van der Waals surface area contributed by atoms with E-state index < -0.39 is 0 Å². The normalized spacial score (nSPS) is 12.0. The van der Waals surface area contributed by atoms with Gasteiger partial charge in [0.25, 0.3) is 5.91 Å². The molecule has 2 heterocycles. The molecule has 150 valence electrons. The molecule has 0 saturated carbocycles. The average Bonchev–Trinajstić information content (AvgIpc) is 3.37. The van der Waals surface area contributed by atoms with Crippen molar-refractivity contribution in [3.63, 3.8) is 0 Å². The van der Waals surface area contributed by atoms with E-state index in [9.17, 15) is 4.79 Å². The standard InChI is InChI=1S/C21H21N3O5/c1-24-16(14-5-7-18-20(9-14)29-12-28-18)10-15(23-24)21(25)22-11-13-4-6-17(26-2)19(8-13)27-3/h4-10H,11-12H2,1-3H3,(H,22,25). The molecule has 0 bridgehead atoms. The van der Waals surface area contributed by atoms with E-state index in [1.54, 1.807) is 38.1 Å². The molecule has 1 aromatic heterocycles. The van der Waals surface area contributed by atoms with Crippen LogP contribution in [0.1, 0.15) is 16.1 Å². The van der Waals surface area contributed by atoms with Crippen LogP contribution in [0.4, 0.5) is 0 Å². The summed E-state index contributed by atoms with van der Waals surface area (Å²) in [4.78, 5) is 12.6. The maximum atomic E-state index is 12.6. The van der Waals surface area contributed by atoms with E-state index in [-0.39, 0.29) is 12.7 Å². The molecule has 1 amide bonds. The van der Waals surface area contributed by atoms with Crippen LogP contribution in [0.2, 0.25) is 0 Å². The van der Waals surface area contributed by atoms with Crippen LogP contribution < -0.4 is 24.3 Å². The van der Waals surface area contributed by atoms with Crippen LogP contribution in [0.15, 0.2) is 42.5 Å². The van der Waals surface area contributed by atoms with Crippen LogP contribution in [0, 0.1) is 0 Å². The first-order valence-corrected chi connectivity index (χ1v) is 9.02. The van der Waals surface area contributed by atoms with Gasteiger partial charge in [-0.3, -0.25) is 9.48 Å². The Morgan fingerprint density at radius 3 is 2.66 bits per heavy atom. The van der Waals surface area contributed by atoms with Crippen LogP contribution in [-0.2, 0) is 13.6 Å².